The Kier molecular flexibility index (Phi) is 19.5. The lowest BCUT2D eigenvalue weighted by atomic mass is 9.33. The summed E-state index contributed by atoms with van der Waals surface area (Å²) < 4.78 is 9.75. The second kappa shape index (κ2) is 28.3. The number of nitrogens with zero attached hydrogens (tertiary/aromatic N) is 4. The molecule has 624 valence electrons. The number of benzene rings is 12. The van der Waals surface area contributed by atoms with E-state index in [0.717, 1.165) is 16.9 Å². The average molecular weight is 1630 g/mol. The fraction of sp³-hybridized carbons (Fsp3) is 0.368. The van der Waals surface area contributed by atoms with Crippen LogP contribution in [0.2, 0.25) is 0 Å². The maximum atomic E-state index is 7.01. The van der Waals surface area contributed by atoms with Crippen LogP contribution in [0.25, 0.3) is 42.1 Å². The fourth-order valence-electron chi connectivity index (χ4n) is 19.7. The summed E-state index contributed by atoms with van der Waals surface area (Å²) >= 11 is 1.96. The average Bonchev–Trinajstić information content (AvgIpc) is 0.842. The van der Waals surface area contributed by atoms with Crippen LogP contribution in [0, 0.1) is 13.8 Å². The molecular weight excluding hydrogens is 1490 g/mol. The molecule has 6 heterocycles. The zero-order valence-electron chi connectivity index (χ0n) is 79.4. The molecule has 0 fully saturated rings. The summed E-state index contributed by atoms with van der Waals surface area (Å²) in [5, 5.41) is 5.05. The van der Waals surface area contributed by atoms with Crippen molar-refractivity contribution in [2.45, 2.75) is 276 Å². The normalized spacial score (nSPS) is 14.5. The van der Waals surface area contributed by atoms with Crippen molar-refractivity contribution >= 4 is 168 Å². The highest BCUT2D eigenvalue weighted by atomic mass is 32.1. The molecule has 0 unspecified atom stereocenters. The smallest absolute Gasteiger partial charge is 0.252 e. The molecule has 0 spiro atoms. The van der Waals surface area contributed by atoms with Crippen LogP contribution in [0.1, 0.15) is 274 Å². The Labute approximate surface area is 735 Å². The highest BCUT2D eigenvalue weighted by Crippen LogP contribution is 2.55. The predicted molar refractivity (Wildman–Crippen MR) is 538 cm³/mol. The zero-order chi connectivity index (χ0) is 87.9. The number of aryl methyl sites for hydroxylation is 2. The number of hydrogen-bond acceptors (Lipinski definition) is 6. The van der Waals surface area contributed by atoms with Gasteiger partial charge < -0.3 is 24.0 Å². The minimum absolute atomic E-state index is 0.00624. The van der Waals surface area contributed by atoms with E-state index in [9.17, 15) is 0 Å². The molecule has 0 N–H and O–H groups in total. The summed E-state index contributed by atoms with van der Waals surface area (Å²) in [7, 11) is 0. The van der Waals surface area contributed by atoms with Crippen LogP contribution < -0.4 is 52.4 Å². The summed E-state index contributed by atoms with van der Waals surface area (Å²) in [4.78, 5) is 10.4. The van der Waals surface area contributed by atoms with Gasteiger partial charge in [-0.05, 0) is 271 Å². The summed E-state index contributed by atoms with van der Waals surface area (Å²) in [5.74, 6) is 0. The predicted octanol–water partition coefficient (Wildman–Crippen LogP) is 29.4. The quantitative estimate of drug-likeness (QED) is 0.164. The molecule has 4 aliphatic rings. The molecule has 14 aromatic rings. The molecule has 0 saturated carbocycles. The third kappa shape index (κ3) is 14.3. The van der Waals surface area contributed by atoms with Gasteiger partial charge in [0.05, 0.1) is 16.8 Å². The minimum atomic E-state index is -0.121. The first-order chi connectivity index (χ1) is 56.6. The van der Waals surface area contributed by atoms with Crippen molar-refractivity contribution in [1.29, 1.82) is 0 Å². The molecule has 0 radical (unpaired) electrons. The number of furan rings is 1. The van der Waals surface area contributed by atoms with Crippen molar-refractivity contribution in [3.05, 3.63) is 273 Å². The van der Waals surface area contributed by atoms with Crippen LogP contribution in [-0.4, -0.2) is 13.4 Å². The Hall–Kier alpha value is -10.0. The van der Waals surface area contributed by atoms with Gasteiger partial charge in [0, 0.05) is 88.0 Å². The van der Waals surface area contributed by atoms with E-state index >= 15 is 0 Å². The van der Waals surface area contributed by atoms with Gasteiger partial charge in [-0.3, -0.25) is 0 Å². The third-order valence-corrected chi connectivity index (χ3v) is 28.1. The van der Waals surface area contributed by atoms with E-state index in [1.54, 1.807) is 0 Å². The first kappa shape index (κ1) is 84.2. The number of hydrogen-bond donors (Lipinski definition) is 0. The van der Waals surface area contributed by atoms with Crippen molar-refractivity contribution in [1.82, 2.24) is 0 Å². The van der Waals surface area contributed by atoms with Gasteiger partial charge in [0.1, 0.15) is 11.2 Å². The molecule has 8 heteroatoms. The van der Waals surface area contributed by atoms with Crippen LogP contribution >= 0.6 is 11.3 Å². The number of rotatable bonds is 4. The van der Waals surface area contributed by atoms with Gasteiger partial charge in [-0.15, -0.1) is 11.3 Å². The molecular formula is C114H130B2N4OS. The molecule has 5 nitrogen and oxygen atoms in total. The van der Waals surface area contributed by atoms with Gasteiger partial charge in [0.2, 0.25) is 0 Å². The van der Waals surface area contributed by atoms with Crippen molar-refractivity contribution in [2.24, 2.45) is 0 Å². The van der Waals surface area contributed by atoms with E-state index in [1.165, 1.54) is 193 Å². The summed E-state index contributed by atoms with van der Waals surface area (Å²) in [5.41, 5.74) is 40.7. The Bertz CT molecular complexity index is 6190. The Morgan fingerprint density at radius 1 is 0.246 bits per heavy atom. The summed E-state index contributed by atoms with van der Waals surface area (Å²) in [6, 6.07) is 81.5. The first-order valence-electron chi connectivity index (χ1n) is 44.9. The monoisotopic (exact) mass is 1630 g/mol. The van der Waals surface area contributed by atoms with E-state index in [1.807, 2.05) is 11.3 Å². The third-order valence-electron chi connectivity index (χ3n) is 26.9. The zero-order valence-corrected chi connectivity index (χ0v) is 80.2. The van der Waals surface area contributed by atoms with Gasteiger partial charge in [-0.25, -0.2) is 0 Å². The van der Waals surface area contributed by atoms with E-state index < -0.39 is 0 Å². The number of thiophene rings is 1. The lowest BCUT2D eigenvalue weighted by Crippen LogP contribution is -2.61. The van der Waals surface area contributed by atoms with Gasteiger partial charge in [0.15, 0.2) is 0 Å². The summed E-state index contributed by atoms with van der Waals surface area (Å²) in [6.45, 7) is 74.5. The molecule has 4 aliphatic heterocycles. The van der Waals surface area contributed by atoms with Crippen LogP contribution in [0.5, 0.6) is 0 Å². The lowest BCUT2D eigenvalue weighted by molar-refractivity contribution is 0.572. The number of fused-ring (bicyclic) bond motifs is 14. The molecule has 122 heavy (non-hydrogen) atoms. The van der Waals surface area contributed by atoms with Gasteiger partial charge in [-0.1, -0.05) is 305 Å². The lowest BCUT2D eigenvalue weighted by Gasteiger charge is -2.45. The Morgan fingerprint density at radius 3 is 0.885 bits per heavy atom. The largest absolute Gasteiger partial charge is 0.456 e. The first-order valence-corrected chi connectivity index (χ1v) is 45.8. The molecule has 12 aromatic carbocycles. The van der Waals surface area contributed by atoms with Crippen molar-refractivity contribution in [3.8, 4) is 0 Å². The maximum absolute atomic E-state index is 7.01. The second-order valence-electron chi connectivity index (χ2n) is 46.6. The highest BCUT2D eigenvalue weighted by Gasteiger charge is 2.48. The van der Waals surface area contributed by atoms with Crippen molar-refractivity contribution in [2.75, 3.05) is 19.6 Å². The maximum Gasteiger partial charge on any atom is 0.252 e. The van der Waals surface area contributed by atoms with Gasteiger partial charge in [0.25, 0.3) is 13.4 Å². The van der Waals surface area contributed by atoms with Crippen molar-refractivity contribution in [3.63, 3.8) is 0 Å². The topological polar surface area (TPSA) is 26.1 Å². The number of anilines is 12. The van der Waals surface area contributed by atoms with Crippen molar-refractivity contribution < 1.29 is 4.42 Å². The molecule has 0 amide bonds. The minimum Gasteiger partial charge on any atom is -0.456 e. The highest BCUT2D eigenvalue weighted by molar-refractivity contribution is 7.26. The Balaban J connectivity index is 0.000000173. The van der Waals surface area contributed by atoms with Gasteiger partial charge >= 0.3 is 0 Å². The van der Waals surface area contributed by atoms with E-state index in [4.69, 9.17) is 4.42 Å². The Morgan fingerprint density at radius 2 is 0.533 bits per heavy atom. The molecule has 0 atom stereocenters. The molecule has 0 bridgehead atoms. The fourth-order valence-corrected chi connectivity index (χ4v) is 21.1. The van der Waals surface area contributed by atoms with Crippen LogP contribution in [0.3, 0.4) is 0 Å². The SMILES string of the molecule is Cc1cc2c3c(c1)N(c1ccc(C(C)(C)C)c4oc5ccc(C(C)(C)C)cc5c14)c1ccc(C(C)(C)C)cc1B3c1cc(C(C)(C)C)ccc1N2c1ccc(C(C)(C)C)cc1.Cc1cc2c3c(c1)N(c1ccc(C(C)(C)C)c4sc5ccc(C(C)(C)C)cc5c14)c1ccc(C(C)(C)C)cc1B3c1cc(C(C)(C)C)ccc1N2c1ccc(C(C)(C)C)cc1. The molecule has 0 saturated heterocycles. The van der Waals surface area contributed by atoms with Crippen LogP contribution in [0.4, 0.5) is 68.2 Å². The molecule has 18 rings (SSSR count). The van der Waals surface area contributed by atoms with Crippen LogP contribution in [0.15, 0.2) is 211 Å². The molecule has 2 aromatic heterocycles. The standard InChI is InChI=1S/C57H65BN2O.C57H65BN2S/c2*1-34-29-47-51-48(30-34)60(46-27-24-41(57(14,15)16)52-50(46)40-31-36(54(5,6)7)21-28-49(40)61-52)45-26-20-38(56(11,12)13)33-43(45)58(51)42-32-37(55(8,9)10)19-25-44(42)59(47)39-22-17-35(18-23-39)53(2,3)4/h2*17-33H,1-16H3. The van der Waals surface area contributed by atoms with Crippen LogP contribution in [-0.2, 0) is 54.1 Å². The second-order valence-corrected chi connectivity index (χ2v) is 47.7. The summed E-state index contributed by atoms with van der Waals surface area (Å²) in [6.07, 6.45) is 0. The van der Waals surface area contributed by atoms with E-state index in [2.05, 4.69) is 447 Å². The van der Waals surface area contributed by atoms with Gasteiger partial charge in [-0.2, -0.15) is 0 Å². The van der Waals surface area contributed by atoms with E-state index in [-0.39, 0.29) is 67.6 Å². The molecule has 0 aliphatic carbocycles. The van der Waals surface area contributed by atoms with E-state index in [0.29, 0.717) is 0 Å².